The summed E-state index contributed by atoms with van der Waals surface area (Å²) in [6, 6.07) is 3.70. The van der Waals surface area contributed by atoms with Crippen LogP contribution in [0.15, 0.2) is 30.6 Å². The Morgan fingerprint density at radius 2 is 2.11 bits per heavy atom. The number of nitrogens with zero attached hydrogens (tertiary/aromatic N) is 2. The zero-order valence-electron chi connectivity index (χ0n) is 9.95. The molecule has 0 aliphatic carbocycles. The van der Waals surface area contributed by atoms with Crippen LogP contribution in [0.1, 0.15) is 10.5 Å². The lowest BCUT2D eigenvalue weighted by atomic mass is 10.3. The van der Waals surface area contributed by atoms with E-state index in [0.29, 0.717) is 11.5 Å². The number of nitrogens with one attached hydrogen (secondary N) is 2. The molecule has 1 aromatic carbocycles. The third kappa shape index (κ3) is 3.17. The van der Waals surface area contributed by atoms with Gasteiger partial charge in [0.15, 0.2) is 0 Å². The molecule has 7 heteroatoms. The van der Waals surface area contributed by atoms with Gasteiger partial charge in [-0.25, -0.2) is 14.4 Å². The Morgan fingerprint density at radius 3 is 2.68 bits per heavy atom. The van der Waals surface area contributed by atoms with Crippen LogP contribution in [0.4, 0.5) is 15.9 Å². The molecule has 0 spiro atoms. The van der Waals surface area contributed by atoms with Crippen molar-refractivity contribution in [2.75, 3.05) is 17.7 Å². The molecule has 1 aromatic heterocycles. The SMILES string of the molecule is CNc1cnc(C(=O)Nc2ccc(F)cc2Cl)cn1. The molecule has 5 nitrogen and oxygen atoms in total. The number of halogens is 2. The van der Waals surface area contributed by atoms with Crippen molar-refractivity contribution < 1.29 is 9.18 Å². The monoisotopic (exact) mass is 280 g/mol. The Bertz CT molecular complexity index is 603. The average molecular weight is 281 g/mol. The molecule has 2 aromatic rings. The van der Waals surface area contributed by atoms with Gasteiger partial charge in [0.2, 0.25) is 0 Å². The lowest BCUT2D eigenvalue weighted by Gasteiger charge is -2.06. The summed E-state index contributed by atoms with van der Waals surface area (Å²) < 4.78 is 12.9. The van der Waals surface area contributed by atoms with Gasteiger partial charge in [-0.05, 0) is 18.2 Å². The minimum Gasteiger partial charge on any atom is -0.372 e. The van der Waals surface area contributed by atoms with Gasteiger partial charge in [0.1, 0.15) is 17.3 Å². The number of carbonyl (C=O) groups excluding carboxylic acids is 1. The molecular weight excluding hydrogens is 271 g/mol. The topological polar surface area (TPSA) is 66.9 Å². The number of rotatable bonds is 3. The fourth-order valence-electron chi connectivity index (χ4n) is 1.35. The van der Waals surface area contributed by atoms with Crippen molar-refractivity contribution in [2.45, 2.75) is 0 Å². The molecule has 2 rings (SSSR count). The van der Waals surface area contributed by atoms with E-state index in [4.69, 9.17) is 11.6 Å². The summed E-state index contributed by atoms with van der Waals surface area (Å²) in [6.07, 6.45) is 2.76. The van der Waals surface area contributed by atoms with Crippen LogP contribution in [0, 0.1) is 5.82 Å². The van der Waals surface area contributed by atoms with E-state index in [1.165, 1.54) is 24.5 Å². The smallest absolute Gasteiger partial charge is 0.275 e. The summed E-state index contributed by atoms with van der Waals surface area (Å²) in [4.78, 5) is 19.8. The van der Waals surface area contributed by atoms with Crippen molar-refractivity contribution in [3.8, 4) is 0 Å². The Labute approximate surface area is 113 Å². The molecule has 2 N–H and O–H groups in total. The molecule has 1 heterocycles. The summed E-state index contributed by atoms with van der Waals surface area (Å²) in [5.41, 5.74) is 0.451. The summed E-state index contributed by atoms with van der Waals surface area (Å²) in [5.74, 6) is -0.388. The minimum atomic E-state index is -0.471. The molecule has 0 aliphatic rings. The van der Waals surface area contributed by atoms with Gasteiger partial charge in [-0.15, -0.1) is 0 Å². The normalized spacial score (nSPS) is 10.1. The molecule has 19 heavy (non-hydrogen) atoms. The molecule has 0 fully saturated rings. The zero-order chi connectivity index (χ0) is 13.8. The first-order valence-corrected chi connectivity index (χ1v) is 5.74. The second kappa shape index (κ2) is 5.62. The summed E-state index contributed by atoms with van der Waals surface area (Å²) >= 11 is 5.81. The molecule has 0 atom stereocenters. The summed E-state index contributed by atoms with van der Waals surface area (Å²) in [5, 5.41) is 5.44. The highest BCUT2D eigenvalue weighted by Crippen LogP contribution is 2.22. The first kappa shape index (κ1) is 13.2. The zero-order valence-corrected chi connectivity index (χ0v) is 10.7. The predicted molar refractivity (Wildman–Crippen MR) is 70.9 cm³/mol. The fourth-order valence-corrected chi connectivity index (χ4v) is 1.57. The van der Waals surface area contributed by atoms with Gasteiger partial charge in [0.25, 0.3) is 5.91 Å². The second-order valence-electron chi connectivity index (χ2n) is 3.62. The van der Waals surface area contributed by atoms with Crippen molar-refractivity contribution in [1.82, 2.24) is 9.97 Å². The van der Waals surface area contributed by atoms with Gasteiger partial charge in [0, 0.05) is 7.05 Å². The first-order valence-electron chi connectivity index (χ1n) is 5.36. The molecule has 0 radical (unpaired) electrons. The third-order valence-corrected chi connectivity index (χ3v) is 2.63. The van der Waals surface area contributed by atoms with Gasteiger partial charge in [-0.2, -0.15) is 0 Å². The molecule has 1 amide bonds. The van der Waals surface area contributed by atoms with E-state index >= 15 is 0 Å². The Hall–Kier alpha value is -2.21. The standard InChI is InChI=1S/C12H10ClFN4O/c1-15-11-6-16-10(5-17-11)12(19)18-9-3-2-7(14)4-8(9)13/h2-6H,1H3,(H,15,17)(H,18,19). The van der Waals surface area contributed by atoms with Crippen molar-refractivity contribution in [3.63, 3.8) is 0 Å². The van der Waals surface area contributed by atoms with Gasteiger partial charge in [-0.1, -0.05) is 11.6 Å². The number of carbonyl (C=O) groups is 1. The van der Waals surface area contributed by atoms with E-state index in [-0.39, 0.29) is 10.7 Å². The Morgan fingerprint density at radius 1 is 1.32 bits per heavy atom. The summed E-state index contributed by atoms with van der Waals surface area (Å²) in [6.45, 7) is 0. The largest absolute Gasteiger partial charge is 0.372 e. The fraction of sp³-hybridized carbons (Fsp3) is 0.0833. The highest BCUT2D eigenvalue weighted by atomic mass is 35.5. The number of benzene rings is 1. The van der Waals surface area contributed by atoms with Crippen LogP contribution in [-0.2, 0) is 0 Å². The van der Waals surface area contributed by atoms with E-state index in [1.54, 1.807) is 7.05 Å². The van der Waals surface area contributed by atoms with E-state index in [9.17, 15) is 9.18 Å². The highest BCUT2D eigenvalue weighted by Gasteiger charge is 2.10. The van der Waals surface area contributed by atoms with Crippen molar-refractivity contribution in [3.05, 3.63) is 47.1 Å². The van der Waals surface area contributed by atoms with Crippen LogP contribution in [0.3, 0.4) is 0 Å². The maximum atomic E-state index is 12.9. The number of aromatic nitrogens is 2. The van der Waals surface area contributed by atoms with Crippen LogP contribution >= 0.6 is 11.6 Å². The molecule has 98 valence electrons. The van der Waals surface area contributed by atoms with Crippen molar-refractivity contribution in [1.29, 1.82) is 0 Å². The highest BCUT2D eigenvalue weighted by molar-refractivity contribution is 6.33. The quantitative estimate of drug-likeness (QED) is 0.907. The van der Waals surface area contributed by atoms with Crippen molar-refractivity contribution >= 4 is 29.0 Å². The predicted octanol–water partition coefficient (Wildman–Crippen LogP) is 2.56. The second-order valence-corrected chi connectivity index (χ2v) is 4.02. The van der Waals surface area contributed by atoms with E-state index in [0.717, 1.165) is 6.07 Å². The van der Waals surface area contributed by atoms with Crippen LogP contribution in [0.25, 0.3) is 0 Å². The number of hydrogen-bond acceptors (Lipinski definition) is 4. The third-order valence-electron chi connectivity index (χ3n) is 2.32. The Kier molecular flexibility index (Phi) is 3.91. The molecule has 0 unspecified atom stereocenters. The Balaban J connectivity index is 2.15. The molecule has 0 saturated carbocycles. The number of anilines is 2. The van der Waals surface area contributed by atoms with Gasteiger partial charge in [-0.3, -0.25) is 4.79 Å². The van der Waals surface area contributed by atoms with E-state index in [1.807, 2.05) is 0 Å². The molecule has 0 aliphatic heterocycles. The minimum absolute atomic E-state index is 0.119. The summed E-state index contributed by atoms with van der Waals surface area (Å²) in [7, 11) is 1.70. The van der Waals surface area contributed by atoms with Crippen molar-refractivity contribution in [2.24, 2.45) is 0 Å². The maximum Gasteiger partial charge on any atom is 0.275 e. The van der Waals surface area contributed by atoms with Crippen LogP contribution in [0.2, 0.25) is 5.02 Å². The molecule has 0 bridgehead atoms. The molecular formula is C12H10ClFN4O. The lowest BCUT2D eigenvalue weighted by molar-refractivity contribution is 0.102. The number of hydrogen-bond donors (Lipinski definition) is 2. The van der Waals surface area contributed by atoms with Gasteiger partial charge >= 0.3 is 0 Å². The molecule has 0 saturated heterocycles. The van der Waals surface area contributed by atoms with E-state index in [2.05, 4.69) is 20.6 Å². The van der Waals surface area contributed by atoms with Crippen LogP contribution < -0.4 is 10.6 Å². The van der Waals surface area contributed by atoms with Gasteiger partial charge in [0.05, 0.1) is 23.1 Å². The lowest BCUT2D eigenvalue weighted by Crippen LogP contribution is -2.14. The van der Waals surface area contributed by atoms with Crippen LogP contribution in [0.5, 0.6) is 0 Å². The first-order chi connectivity index (χ1) is 9.10. The average Bonchev–Trinajstić information content (AvgIpc) is 2.42. The van der Waals surface area contributed by atoms with Gasteiger partial charge < -0.3 is 10.6 Å². The van der Waals surface area contributed by atoms with E-state index < -0.39 is 11.7 Å². The van der Waals surface area contributed by atoms with Crippen LogP contribution in [-0.4, -0.2) is 22.9 Å². The maximum absolute atomic E-state index is 12.9. The number of amides is 1.